The topological polar surface area (TPSA) is 39.2 Å². The van der Waals surface area contributed by atoms with Crippen molar-refractivity contribution in [2.24, 2.45) is 0 Å². The van der Waals surface area contributed by atoms with Crippen LogP contribution in [0.1, 0.15) is 29.3 Å². The number of carbonyl (C=O) groups is 1. The van der Waals surface area contributed by atoms with Crippen LogP contribution in [0.15, 0.2) is 42.6 Å². The van der Waals surface area contributed by atoms with E-state index in [9.17, 15) is 4.79 Å². The Labute approximate surface area is 117 Å². The highest BCUT2D eigenvalue weighted by molar-refractivity contribution is 6.29. The molecule has 0 aliphatic heterocycles. The van der Waals surface area contributed by atoms with Crippen LogP contribution in [-0.2, 0) is 0 Å². The minimum Gasteiger partial charge on any atom is -0.494 e. The Morgan fingerprint density at radius 1 is 1.21 bits per heavy atom. The van der Waals surface area contributed by atoms with Crippen LogP contribution in [0.4, 0.5) is 0 Å². The van der Waals surface area contributed by atoms with Crippen LogP contribution in [0.2, 0.25) is 5.15 Å². The van der Waals surface area contributed by atoms with Gasteiger partial charge in [-0.1, -0.05) is 18.5 Å². The minimum atomic E-state index is -0.0775. The average Bonchev–Trinajstić information content (AvgIpc) is 2.45. The van der Waals surface area contributed by atoms with Gasteiger partial charge in [-0.05, 0) is 42.8 Å². The van der Waals surface area contributed by atoms with Crippen molar-refractivity contribution in [1.82, 2.24) is 4.98 Å². The molecule has 98 valence electrons. The molecule has 1 heterocycles. The van der Waals surface area contributed by atoms with Gasteiger partial charge in [-0.25, -0.2) is 4.98 Å². The summed E-state index contributed by atoms with van der Waals surface area (Å²) < 4.78 is 5.47. The van der Waals surface area contributed by atoms with Crippen molar-refractivity contribution in [3.8, 4) is 5.75 Å². The standard InChI is InChI=1S/C15H14ClNO2/c1-2-9-19-13-5-3-11(4-6-13)15(18)12-7-8-17-14(16)10-12/h3-8,10H,2,9H2,1H3. The first kappa shape index (κ1) is 13.6. The quantitative estimate of drug-likeness (QED) is 0.616. The van der Waals surface area contributed by atoms with Crippen LogP contribution in [0.25, 0.3) is 0 Å². The Morgan fingerprint density at radius 3 is 2.58 bits per heavy atom. The smallest absolute Gasteiger partial charge is 0.193 e. The highest BCUT2D eigenvalue weighted by Gasteiger charge is 2.09. The van der Waals surface area contributed by atoms with Gasteiger partial charge in [0.1, 0.15) is 10.9 Å². The Bertz CT molecular complexity index is 567. The summed E-state index contributed by atoms with van der Waals surface area (Å²) in [6.07, 6.45) is 2.48. The van der Waals surface area contributed by atoms with Gasteiger partial charge < -0.3 is 4.74 Å². The van der Waals surface area contributed by atoms with Gasteiger partial charge in [0, 0.05) is 17.3 Å². The molecule has 2 aromatic rings. The van der Waals surface area contributed by atoms with E-state index >= 15 is 0 Å². The fraction of sp³-hybridized carbons (Fsp3) is 0.200. The number of rotatable bonds is 5. The third kappa shape index (κ3) is 3.55. The van der Waals surface area contributed by atoms with Gasteiger partial charge >= 0.3 is 0 Å². The lowest BCUT2D eigenvalue weighted by atomic mass is 10.0. The Morgan fingerprint density at radius 2 is 1.95 bits per heavy atom. The molecule has 2 rings (SSSR count). The summed E-state index contributed by atoms with van der Waals surface area (Å²) in [6.45, 7) is 2.72. The molecule has 3 nitrogen and oxygen atoms in total. The predicted octanol–water partition coefficient (Wildman–Crippen LogP) is 3.75. The highest BCUT2D eigenvalue weighted by Crippen LogP contribution is 2.16. The molecule has 0 atom stereocenters. The summed E-state index contributed by atoms with van der Waals surface area (Å²) in [5, 5.41) is 0.314. The Balaban J connectivity index is 2.15. The molecular formula is C15H14ClNO2. The maximum Gasteiger partial charge on any atom is 0.193 e. The normalized spacial score (nSPS) is 10.2. The van der Waals surface area contributed by atoms with E-state index in [-0.39, 0.29) is 5.78 Å². The molecule has 1 aromatic carbocycles. The van der Waals surface area contributed by atoms with Gasteiger partial charge in [-0.15, -0.1) is 0 Å². The summed E-state index contributed by atoms with van der Waals surface area (Å²) in [7, 11) is 0. The minimum absolute atomic E-state index is 0.0775. The zero-order chi connectivity index (χ0) is 13.7. The summed E-state index contributed by atoms with van der Waals surface area (Å²) in [4.78, 5) is 16.1. The van der Waals surface area contributed by atoms with Crippen molar-refractivity contribution in [3.05, 3.63) is 58.9 Å². The molecule has 0 N–H and O–H groups in total. The molecule has 0 bridgehead atoms. The van der Waals surface area contributed by atoms with E-state index in [4.69, 9.17) is 16.3 Å². The zero-order valence-electron chi connectivity index (χ0n) is 10.6. The second-order valence-corrected chi connectivity index (χ2v) is 4.46. The molecular weight excluding hydrogens is 262 g/mol. The number of pyridine rings is 1. The van der Waals surface area contributed by atoms with Gasteiger partial charge in [-0.3, -0.25) is 4.79 Å². The monoisotopic (exact) mass is 275 g/mol. The van der Waals surface area contributed by atoms with Gasteiger partial charge in [0.15, 0.2) is 5.78 Å². The molecule has 0 saturated carbocycles. The van der Waals surface area contributed by atoms with Crippen LogP contribution in [-0.4, -0.2) is 17.4 Å². The van der Waals surface area contributed by atoms with Crippen molar-refractivity contribution in [3.63, 3.8) is 0 Å². The van der Waals surface area contributed by atoms with E-state index in [1.807, 2.05) is 6.92 Å². The number of nitrogens with zero attached hydrogens (tertiary/aromatic N) is 1. The number of hydrogen-bond acceptors (Lipinski definition) is 3. The number of halogens is 1. The average molecular weight is 276 g/mol. The largest absolute Gasteiger partial charge is 0.494 e. The lowest BCUT2D eigenvalue weighted by Crippen LogP contribution is -2.02. The second kappa shape index (κ2) is 6.34. The molecule has 0 aliphatic rings. The number of carbonyl (C=O) groups excluding carboxylic acids is 1. The molecule has 19 heavy (non-hydrogen) atoms. The first-order valence-electron chi connectivity index (χ1n) is 6.10. The van der Waals surface area contributed by atoms with Crippen LogP contribution in [0, 0.1) is 0 Å². The third-order valence-electron chi connectivity index (χ3n) is 2.58. The van der Waals surface area contributed by atoms with Crippen LogP contribution in [0.3, 0.4) is 0 Å². The maximum atomic E-state index is 12.2. The molecule has 0 amide bonds. The van der Waals surface area contributed by atoms with Crippen LogP contribution in [0.5, 0.6) is 5.75 Å². The summed E-state index contributed by atoms with van der Waals surface area (Å²) in [5.41, 5.74) is 1.13. The Hall–Kier alpha value is -1.87. The van der Waals surface area contributed by atoms with Crippen molar-refractivity contribution in [2.75, 3.05) is 6.61 Å². The van der Waals surface area contributed by atoms with Gasteiger partial charge in [-0.2, -0.15) is 0 Å². The maximum absolute atomic E-state index is 12.2. The van der Waals surface area contributed by atoms with Gasteiger partial charge in [0.05, 0.1) is 6.61 Å². The fourth-order valence-corrected chi connectivity index (χ4v) is 1.81. The van der Waals surface area contributed by atoms with E-state index in [1.165, 1.54) is 6.20 Å². The van der Waals surface area contributed by atoms with Gasteiger partial charge in [0.2, 0.25) is 0 Å². The first-order chi connectivity index (χ1) is 9.20. The molecule has 0 saturated heterocycles. The molecule has 0 spiro atoms. The van der Waals surface area contributed by atoms with Crippen molar-refractivity contribution >= 4 is 17.4 Å². The van der Waals surface area contributed by atoms with E-state index in [1.54, 1.807) is 36.4 Å². The van der Waals surface area contributed by atoms with E-state index in [0.717, 1.165) is 12.2 Å². The van der Waals surface area contributed by atoms with E-state index in [2.05, 4.69) is 4.98 Å². The van der Waals surface area contributed by atoms with Crippen molar-refractivity contribution < 1.29 is 9.53 Å². The highest BCUT2D eigenvalue weighted by atomic mass is 35.5. The summed E-state index contributed by atoms with van der Waals surface area (Å²) in [5.74, 6) is 0.692. The molecule has 4 heteroatoms. The molecule has 0 fully saturated rings. The summed E-state index contributed by atoms with van der Waals surface area (Å²) >= 11 is 5.78. The SMILES string of the molecule is CCCOc1ccc(C(=O)c2ccnc(Cl)c2)cc1. The number of aromatic nitrogens is 1. The van der Waals surface area contributed by atoms with E-state index in [0.29, 0.717) is 22.9 Å². The molecule has 0 unspecified atom stereocenters. The van der Waals surface area contributed by atoms with Crippen LogP contribution < -0.4 is 4.74 Å². The van der Waals surface area contributed by atoms with Gasteiger partial charge in [0.25, 0.3) is 0 Å². The number of hydrogen-bond donors (Lipinski definition) is 0. The lowest BCUT2D eigenvalue weighted by molar-refractivity contribution is 0.103. The number of ether oxygens (including phenoxy) is 1. The molecule has 0 radical (unpaired) electrons. The Kier molecular flexibility index (Phi) is 4.53. The predicted molar refractivity (Wildman–Crippen MR) is 74.9 cm³/mol. The summed E-state index contributed by atoms with van der Waals surface area (Å²) in [6, 6.07) is 10.3. The second-order valence-electron chi connectivity index (χ2n) is 4.07. The first-order valence-corrected chi connectivity index (χ1v) is 6.47. The van der Waals surface area contributed by atoms with Crippen molar-refractivity contribution in [1.29, 1.82) is 0 Å². The lowest BCUT2D eigenvalue weighted by Gasteiger charge is -2.05. The van der Waals surface area contributed by atoms with Crippen molar-refractivity contribution in [2.45, 2.75) is 13.3 Å². The van der Waals surface area contributed by atoms with E-state index < -0.39 is 0 Å². The number of ketones is 1. The molecule has 1 aromatic heterocycles. The zero-order valence-corrected chi connectivity index (χ0v) is 11.4. The fourth-order valence-electron chi connectivity index (χ4n) is 1.63. The van der Waals surface area contributed by atoms with Crippen LogP contribution >= 0.6 is 11.6 Å². The third-order valence-corrected chi connectivity index (χ3v) is 2.78. The molecule has 0 aliphatic carbocycles. The number of benzene rings is 1.